The predicted octanol–water partition coefficient (Wildman–Crippen LogP) is 4.46. The molecule has 8 heteroatoms. The molecule has 0 unspecified atom stereocenters. The maximum absolute atomic E-state index is 12.3. The van der Waals surface area contributed by atoms with E-state index in [0.29, 0.717) is 21.7 Å². The molecule has 2 aromatic heterocycles. The van der Waals surface area contributed by atoms with E-state index < -0.39 is 0 Å². The summed E-state index contributed by atoms with van der Waals surface area (Å²) in [5.74, 6) is 0.842. The van der Waals surface area contributed by atoms with E-state index in [1.807, 2.05) is 31.2 Å². The highest BCUT2D eigenvalue weighted by Gasteiger charge is 2.14. The Balaban J connectivity index is 1.50. The molecule has 4 aromatic rings. The Hall–Kier alpha value is -2.90. The summed E-state index contributed by atoms with van der Waals surface area (Å²) >= 11 is 7.35. The van der Waals surface area contributed by atoms with Gasteiger partial charge in [-0.3, -0.25) is 4.79 Å². The summed E-state index contributed by atoms with van der Waals surface area (Å²) in [6, 6.07) is 16.5. The van der Waals surface area contributed by atoms with Crippen molar-refractivity contribution in [3.05, 3.63) is 65.3 Å². The molecule has 0 aliphatic carbocycles. The number of halogens is 1. The van der Waals surface area contributed by atoms with Crippen LogP contribution in [0.5, 0.6) is 5.75 Å². The fourth-order valence-corrected chi connectivity index (χ4v) is 3.60. The van der Waals surface area contributed by atoms with Gasteiger partial charge >= 0.3 is 0 Å². The molecule has 0 radical (unpaired) electrons. The maximum Gasteiger partial charge on any atom is 0.263 e. The predicted molar refractivity (Wildman–Crippen MR) is 107 cm³/mol. The van der Waals surface area contributed by atoms with Crippen molar-refractivity contribution < 1.29 is 9.53 Å². The normalized spacial score (nSPS) is 10.9. The summed E-state index contributed by atoms with van der Waals surface area (Å²) in [5, 5.41) is 8.59. The first-order valence-corrected chi connectivity index (χ1v) is 9.39. The molecule has 0 saturated heterocycles. The van der Waals surface area contributed by atoms with Gasteiger partial charge in [-0.2, -0.15) is 9.78 Å². The van der Waals surface area contributed by atoms with Crippen LogP contribution in [-0.4, -0.2) is 27.3 Å². The van der Waals surface area contributed by atoms with Crippen LogP contribution in [0.25, 0.3) is 15.3 Å². The molecule has 136 valence electrons. The van der Waals surface area contributed by atoms with Gasteiger partial charge in [-0.15, -0.1) is 0 Å². The summed E-state index contributed by atoms with van der Waals surface area (Å²) in [7, 11) is 0. The van der Waals surface area contributed by atoms with Gasteiger partial charge in [-0.05, 0) is 43.3 Å². The fraction of sp³-hybridized carbons (Fsp3) is 0.105. The van der Waals surface area contributed by atoms with Gasteiger partial charge < -0.3 is 10.1 Å². The number of thiazole rings is 1. The smallest absolute Gasteiger partial charge is 0.263 e. The minimum absolute atomic E-state index is 0.119. The second-order valence-electron chi connectivity index (χ2n) is 5.84. The number of ether oxygens (including phenoxy) is 1. The van der Waals surface area contributed by atoms with E-state index in [9.17, 15) is 4.79 Å². The van der Waals surface area contributed by atoms with Gasteiger partial charge in [-0.25, -0.2) is 4.98 Å². The number of rotatable bonds is 5. The lowest BCUT2D eigenvalue weighted by Crippen LogP contribution is -2.21. The minimum atomic E-state index is -0.285. The fourth-order valence-electron chi connectivity index (χ4n) is 2.54. The first kappa shape index (κ1) is 17.5. The summed E-state index contributed by atoms with van der Waals surface area (Å²) in [4.78, 5) is 16.9. The summed E-state index contributed by atoms with van der Waals surface area (Å²) in [6.07, 6.45) is 0. The molecule has 1 amide bonds. The second-order valence-corrected chi connectivity index (χ2v) is 7.28. The number of carbonyl (C=O) groups is 1. The average molecular weight is 399 g/mol. The van der Waals surface area contributed by atoms with Gasteiger partial charge in [0.25, 0.3) is 5.91 Å². The van der Waals surface area contributed by atoms with Crippen LogP contribution in [0.2, 0.25) is 5.02 Å². The Morgan fingerprint density at radius 2 is 2.00 bits per heavy atom. The first-order chi connectivity index (χ1) is 13.1. The average Bonchev–Trinajstić information content (AvgIpc) is 3.24. The number of amides is 1. The quantitative estimate of drug-likeness (QED) is 0.538. The molecule has 0 aliphatic rings. The topological polar surface area (TPSA) is 69.0 Å². The van der Waals surface area contributed by atoms with Crippen LogP contribution >= 0.6 is 22.9 Å². The third-order valence-corrected chi connectivity index (χ3v) is 5.01. The molecule has 0 atom stereocenters. The zero-order valence-electron chi connectivity index (χ0n) is 14.3. The monoisotopic (exact) mass is 398 g/mol. The Labute approximate surface area is 164 Å². The largest absolute Gasteiger partial charge is 0.484 e. The molecule has 6 nitrogen and oxygen atoms in total. The van der Waals surface area contributed by atoms with Crippen molar-refractivity contribution in [3.63, 3.8) is 0 Å². The highest BCUT2D eigenvalue weighted by molar-refractivity contribution is 7.20. The van der Waals surface area contributed by atoms with Gasteiger partial charge in [0, 0.05) is 11.1 Å². The molecule has 0 saturated carbocycles. The third-order valence-electron chi connectivity index (χ3n) is 3.75. The second kappa shape index (κ2) is 7.38. The minimum Gasteiger partial charge on any atom is -0.484 e. The van der Waals surface area contributed by atoms with Crippen molar-refractivity contribution in [2.45, 2.75) is 6.92 Å². The molecule has 0 fully saturated rings. The molecule has 27 heavy (non-hydrogen) atoms. The Kier molecular flexibility index (Phi) is 4.79. The number of nitrogens with zero attached hydrogens (tertiary/aromatic N) is 3. The van der Waals surface area contributed by atoms with E-state index >= 15 is 0 Å². The molecular formula is C19H15ClN4O2S. The number of carbonyl (C=O) groups excluding carboxylic acids is 1. The van der Waals surface area contributed by atoms with E-state index in [4.69, 9.17) is 16.3 Å². The van der Waals surface area contributed by atoms with Crippen LogP contribution in [-0.2, 0) is 4.79 Å². The standard InChI is InChI=1S/C19H15ClN4O2S/c1-12-10-17(22-18(25)11-26-14-8-6-13(20)7-9-14)24(23-12)19-21-15-4-2-3-5-16(15)27-19/h2-10H,11H2,1H3,(H,22,25). The molecule has 0 spiro atoms. The molecule has 4 rings (SSSR count). The van der Waals surface area contributed by atoms with Crippen LogP contribution in [0.3, 0.4) is 0 Å². The van der Waals surface area contributed by atoms with Gasteiger partial charge in [0.05, 0.1) is 15.9 Å². The third kappa shape index (κ3) is 3.94. The van der Waals surface area contributed by atoms with Crippen molar-refractivity contribution in [2.75, 3.05) is 11.9 Å². The van der Waals surface area contributed by atoms with Gasteiger partial charge in [0.15, 0.2) is 6.61 Å². The van der Waals surface area contributed by atoms with E-state index in [0.717, 1.165) is 15.9 Å². The first-order valence-electron chi connectivity index (χ1n) is 8.19. The number of para-hydroxylation sites is 1. The number of aromatic nitrogens is 3. The molecule has 2 heterocycles. The summed E-state index contributed by atoms with van der Waals surface area (Å²) < 4.78 is 8.18. The van der Waals surface area contributed by atoms with Gasteiger partial charge in [0.1, 0.15) is 11.6 Å². The molecule has 1 N–H and O–H groups in total. The van der Waals surface area contributed by atoms with Crippen molar-refractivity contribution in [1.82, 2.24) is 14.8 Å². The Bertz CT molecular complexity index is 1070. The van der Waals surface area contributed by atoms with Crippen molar-refractivity contribution in [2.24, 2.45) is 0 Å². The number of fused-ring (bicyclic) bond motifs is 1. The highest BCUT2D eigenvalue weighted by atomic mass is 35.5. The molecule has 2 aromatic carbocycles. The van der Waals surface area contributed by atoms with Crippen LogP contribution in [0, 0.1) is 6.92 Å². The number of anilines is 1. The number of hydrogen-bond acceptors (Lipinski definition) is 5. The Morgan fingerprint density at radius 1 is 1.22 bits per heavy atom. The molecule has 0 bridgehead atoms. The van der Waals surface area contributed by atoms with Crippen molar-refractivity contribution >= 4 is 44.9 Å². The maximum atomic E-state index is 12.3. The number of nitrogens with one attached hydrogen (secondary N) is 1. The van der Waals surface area contributed by atoms with Crippen LogP contribution in [0.4, 0.5) is 5.82 Å². The zero-order chi connectivity index (χ0) is 18.8. The lowest BCUT2D eigenvalue weighted by Gasteiger charge is -2.08. The molecular weight excluding hydrogens is 384 g/mol. The van der Waals surface area contributed by atoms with Crippen LogP contribution in [0.1, 0.15) is 5.69 Å². The van der Waals surface area contributed by atoms with E-state index in [1.54, 1.807) is 35.0 Å². The molecule has 0 aliphatic heterocycles. The SMILES string of the molecule is Cc1cc(NC(=O)COc2ccc(Cl)cc2)n(-c2nc3ccccc3s2)n1. The lowest BCUT2D eigenvalue weighted by atomic mass is 10.3. The van der Waals surface area contributed by atoms with Gasteiger partial charge in [0.2, 0.25) is 5.13 Å². The highest BCUT2D eigenvalue weighted by Crippen LogP contribution is 2.27. The number of hydrogen-bond donors (Lipinski definition) is 1. The summed E-state index contributed by atoms with van der Waals surface area (Å²) in [5.41, 5.74) is 1.68. The van der Waals surface area contributed by atoms with E-state index in [1.165, 1.54) is 11.3 Å². The number of benzene rings is 2. The van der Waals surface area contributed by atoms with Gasteiger partial charge in [-0.1, -0.05) is 35.1 Å². The van der Waals surface area contributed by atoms with Crippen molar-refractivity contribution in [3.8, 4) is 10.9 Å². The van der Waals surface area contributed by atoms with Crippen LogP contribution in [0.15, 0.2) is 54.6 Å². The lowest BCUT2D eigenvalue weighted by molar-refractivity contribution is -0.118. The summed E-state index contributed by atoms with van der Waals surface area (Å²) in [6.45, 7) is 1.75. The van der Waals surface area contributed by atoms with E-state index in [2.05, 4.69) is 15.4 Å². The number of aryl methyl sites for hydroxylation is 1. The zero-order valence-corrected chi connectivity index (χ0v) is 15.9. The van der Waals surface area contributed by atoms with E-state index in [-0.39, 0.29) is 12.5 Å². The van der Waals surface area contributed by atoms with Crippen LogP contribution < -0.4 is 10.1 Å². The Morgan fingerprint density at radius 3 is 2.78 bits per heavy atom. The van der Waals surface area contributed by atoms with Crippen molar-refractivity contribution in [1.29, 1.82) is 0 Å².